The molecule has 0 unspecified atom stereocenters. The van der Waals surface area contributed by atoms with Crippen LogP contribution in [0.4, 0.5) is 0 Å². The first-order valence-electron chi connectivity index (χ1n) is 8.82. The minimum atomic E-state index is -0.0953. The number of benzene rings is 3. The van der Waals surface area contributed by atoms with Crippen molar-refractivity contribution >= 4 is 45.8 Å². The predicted octanol–water partition coefficient (Wildman–Crippen LogP) is 7.31. The van der Waals surface area contributed by atoms with Gasteiger partial charge >= 0.3 is 0 Å². The molecule has 0 atom stereocenters. The van der Waals surface area contributed by atoms with Crippen molar-refractivity contribution in [3.63, 3.8) is 0 Å². The van der Waals surface area contributed by atoms with Gasteiger partial charge in [0.25, 0.3) is 0 Å². The number of ether oxygens (including phenoxy) is 1. The smallest absolute Gasteiger partial charge is 0.200 e. The molecule has 0 amide bonds. The van der Waals surface area contributed by atoms with Gasteiger partial charge in [0.05, 0.1) is 21.0 Å². The molecule has 146 valence electrons. The fourth-order valence-corrected chi connectivity index (χ4v) is 3.57. The number of hydrogen-bond acceptors (Lipinski definition) is 3. The summed E-state index contributed by atoms with van der Waals surface area (Å²) < 4.78 is 11.8. The summed E-state index contributed by atoms with van der Waals surface area (Å²) in [5.41, 5.74) is 2.55. The van der Waals surface area contributed by atoms with Crippen LogP contribution in [-0.4, -0.2) is 0 Å². The molecule has 0 spiro atoms. The van der Waals surface area contributed by atoms with Gasteiger partial charge in [-0.3, -0.25) is 4.79 Å². The Balaban J connectivity index is 1.66. The third-order valence-corrected chi connectivity index (χ3v) is 5.55. The molecule has 0 saturated heterocycles. The van der Waals surface area contributed by atoms with Gasteiger partial charge in [-0.1, -0.05) is 53.0 Å². The van der Waals surface area contributed by atoms with E-state index in [1.54, 1.807) is 49.4 Å². The average Bonchev–Trinajstić information content (AvgIpc) is 2.70. The highest BCUT2D eigenvalue weighted by Crippen LogP contribution is 2.28. The van der Waals surface area contributed by atoms with Crippen LogP contribution in [0.5, 0.6) is 5.75 Å². The molecule has 4 rings (SSSR count). The molecule has 3 nitrogen and oxygen atoms in total. The van der Waals surface area contributed by atoms with Gasteiger partial charge in [0, 0.05) is 11.1 Å². The molecule has 29 heavy (non-hydrogen) atoms. The first kappa shape index (κ1) is 19.8. The van der Waals surface area contributed by atoms with E-state index >= 15 is 0 Å². The number of rotatable bonds is 4. The van der Waals surface area contributed by atoms with Crippen LogP contribution in [0.2, 0.25) is 15.1 Å². The Kier molecular flexibility index (Phi) is 5.55. The standard InChI is InChI=1S/C23H15Cl3O3/c1-13-22(15-3-5-16(24)6-4-15)23(27)18-8-7-17(11-21(18)29-13)28-12-14-2-9-19(25)20(26)10-14/h2-11H,12H2,1H3. The minimum Gasteiger partial charge on any atom is -0.489 e. The maximum atomic E-state index is 13.0. The number of hydrogen-bond donors (Lipinski definition) is 0. The second kappa shape index (κ2) is 8.11. The van der Waals surface area contributed by atoms with Gasteiger partial charge in [0.1, 0.15) is 23.7 Å². The van der Waals surface area contributed by atoms with E-state index in [0.29, 0.717) is 49.7 Å². The Morgan fingerprint density at radius 2 is 1.66 bits per heavy atom. The largest absolute Gasteiger partial charge is 0.489 e. The monoisotopic (exact) mass is 444 g/mol. The molecule has 0 bridgehead atoms. The van der Waals surface area contributed by atoms with E-state index in [1.165, 1.54) is 0 Å². The topological polar surface area (TPSA) is 39.4 Å². The third kappa shape index (κ3) is 4.13. The lowest BCUT2D eigenvalue weighted by Gasteiger charge is -2.10. The maximum absolute atomic E-state index is 13.0. The first-order chi connectivity index (χ1) is 13.9. The quantitative estimate of drug-likeness (QED) is 0.330. The number of fused-ring (bicyclic) bond motifs is 1. The molecular formula is C23H15Cl3O3. The molecule has 0 radical (unpaired) electrons. The van der Waals surface area contributed by atoms with Crippen LogP contribution in [0, 0.1) is 6.92 Å². The van der Waals surface area contributed by atoms with Crippen molar-refractivity contribution < 1.29 is 9.15 Å². The SMILES string of the molecule is Cc1oc2cc(OCc3ccc(Cl)c(Cl)c3)ccc2c(=O)c1-c1ccc(Cl)cc1. The van der Waals surface area contributed by atoms with Crippen molar-refractivity contribution in [1.82, 2.24) is 0 Å². The Hall–Kier alpha value is -2.46. The summed E-state index contributed by atoms with van der Waals surface area (Å²) in [7, 11) is 0. The molecule has 0 fully saturated rings. The van der Waals surface area contributed by atoms with Crippen LogP contribution < -0.4 is 10.2 Å². The molecule has 0 N–H and O–H groups in total. The molecule has 0 aliphatic rings. The fourth-order valence-electron chi connectivity index (χ4n) is 3.12. The summed E-state index contributed by atoms with van der Waals surface area (Å²) in [6.07, 6.45) is 0. The summed E-state index contributed by atoms with van der Waals surface area (Å²) in [4.78, 5) is 13.0. The lowest BCUT2D eigenvalue weighted by atomic mass is 10.0. The molecule has 0 saturated carbocycles. The zero-order chi connectivity index (χ0) is 20.5. The molecule has 1 aromatic heterocycles. The number of halogens is 3. The minimum absolute atomic E-state index is 0.0953. The van der Waals surface area contributed by atoms with Gasteiger partial charge in [-0.2, -0.15) is 0 Å². The lowest BCUT2D eigenvalue weighted by molar-refractivity contribution is 0.306. The molecule has 6 heteroatoms. The van der Waals surface area contributed by atoms with Crippen LogP contribution in [0.3, 0.4) is 0 Å². The fraction of sp³-hybridized carbons (Fsp3) is 0.0870. The normalized spacial score (nSPS) is 11.0. The lowest BCUT2D eigenvalue weighted by Crippen LogP contribution is -2.07. The Morgan fingerprint density at radius 1 is 0.897 bits per heavy atom. The predicted molar refractivity (Wildman–Crippen MR) is 118 cm³/mol. The van der Waals surface area contributed by atoms with E-state index in [9.17, 15) is 4.79 Å². The summed E-state index contributed by atoms with van der Waals surface area (Å²) in [6.45, 7) is 2.09. The van der Waals surface area contributed by atoms with E-state index in [-0.39, 0.29) is 5.43 Å². The molecule has 1 heterocycles. The summed E-state index contributed by atoms with van der Waals surface area (Å²) >= 11 is 17.9. The zero-order valence-corrected chi connectivity index (χ0v) is 17.6. The molecule has 4 aromatic rings. The van der Waals surface area contributed by atoms with E-state index in [0.717, 1.165) is 11.1 Å². The van der Waals surface area contributed by atoms with Gasteiger partial charge in [0.15, 0.2) is 0 Å². The highest BCUT2D eigenvalue weighted by molar-refractivity contribution is 6.42. The van der Waals surface area contributed by atoms with Gasteiger partial charge in [0.2, 0.25) is 5.43 Å². The van der Waals surface area contributed by atoms with E-state index < -0.39 is 0 Å². The van der Waals surface area contributed by atoms with Crippen molar-refractivity contribution in [3.05, 3.63) is 97.3 Å². The third-order valence-electron chi connectivity index (χ3n) is 4.56. The zero-order valence-electron chi connectivity index (χ0n) is 15.3. The van der Waals surface area contributed by atoms with Gasteiger partial charge < -0.3 is 9.15 Å². The molecule has 0 aliphatic carbocycles. The second-order valence-electron chi connectivity index (χ2n) is 6.56. The van der Waals surface area contributed by atoms with Crippen LogP contribution in [0.1, 0.15) is 11.3 Å². The van der Waals surface area contributed by atoms with E-state index in [1.807, 2.05) is 18.2 Å². The number of aryl methyl sites for hydroxylation is 1. The van der Waals surface area contributed by atoms with Gasteiger partial charge in [-0.25, -0.2) is 0 Å². The van der Waals surface area contributed by atoms with Crippen molar-refractivity contribution in [2.45, 2.75) is 13.5 Å². The molecular weight excluding hydrogens is 431 g/mol. The summed E-state index contributed by atoms with van der Waals surface area (Å²) in [5.74, 6) is 1.12. The molecule has 3 aromatic carbocycles. The van der Waals surface area contributed by atoms with Crippen molar-refractivity contribution in [3.8, 4) is 16.9 Å². The highest BCUT2D eigenvalue weighted by atomic mass is 35.5. The van der Waals surface area contributed by atoms with Crippen molar-refractivity contribution in [2.75, 3.05) is 0 Å². The van der Waals surface area contributed by atoms with Gasteiger partial charge in [-0.15, -0.1) is 0 Å². The second-order valence-corrected chi connectivity index (χ2v) is 7.82. The van der Waals surface area contributed by atoms with Crippen molar-refractivity contribution in [2.24, 2.45) is 0 Å². The van der Waals surface area contributed by atoms with Crippen molar-refractivity contribution in [1.29, 1.82) is 0 Å². The summed E-state index contributed by atoms with van der Waals surface area (Å²) in [5, 5.41) is 2.07. The van der Waals surface area contributed by atoms with E-state index in [2.05, 4.69) is 0 Å². The van der Waals surface area contributed by atoms with Crippen LogP contribution in [0.25, 0.3) is 22.1 Å². The van der Waals surface area contributed by atoms with Gasteiger partial charge in [-0.05, 0) is 54.4 Å². The summed E-state index contributed by atoms with van der Waals surface area (Å²) in [6, 6.07) is 17.6. The average molecular weight is 446 g/mol. The highest BCUT2D eigenvalue weighted by Gasteiger charge is 2.14. The van der Waals surface area contributed by atoms with Crippen LogP contribution in [-0.2, 0) is 6.61 Å². The Labute approximate surface area is 182 Å². The van der Waals surface area contributed by atoms with Crippen LogP contribution in [0.15, 0.2) is 69.9 Å². The van der Waals surface area contributed by atoms with Crippen LogP contribution >= 0.6 is 34.8 Å². The molecule has 0 aliphatic heterocycles. The Morgan fingerprint density at radius 3 is 2.38 bits per heavy atom. The first-order valence-corrected chi connectivity index (χ1v) is 9.96. The Bertz CT molecular complexity index is 1260. The van der Waals surface area contributed by atoms with E-state index in [4.69, 9.17) is 44.0 Å². The maximum Gasteiger partial charge on any atom is 0.200 e.